The minimum atomic E-state index is -0.250. The van der Waals surface area contributed by atoms with E-state index in [0.29, 0.717) is 0 Å². The Balaban J connectivity index is 2.11. The van der Waals surface area contributed by atoms with Crippen molar-refractivity contribution in [3.63, 3.8) is 0 Å². The van der Waals surface area contributed by atoms with Gasteiger partial charge in [0.25, 0.3) is 0 Å². The van der Waals surface area contributed by atoms with Crippen LogP contribution in [-0.2, 0) is 17.8 Å². The minimum absolute atomic E-state index is 0.0303. The first kappa shape index (κ1) is 14.0. The molecule has 0 saturated carbocycles. The van der Waals surface area contributed by atoms with Gasteiger partial charge in [-0.25, -0.2) is 0 Å². The van der Waals surface area contributed by atoms with Gasteiger partial charge in [0.15, 0.2) is 0 Å². The van der Waals surface area contributed by atoms with E-state index in [0.717, 1.165) is 38.2 Å². The zero-order valence-electron chi connectivity index (χ0n) is 11.6. The molecular weight excluding hydrogens is 240 g/mol. The lowest BCUT2D eigenvalue weighted by Gasteiger charge is -2.31. The molecule has 2 N–H and O–H groups in total. The fraction of sp³-hybridized carbons (Fsp3) is 0.533. The first-order chi connectivity index (χ1) is 9.10. The van der Waals surface area contributed by atoms with Crippen LogP contribution in [0.4, 0.5) is 5.69 Å². The second-order valence-electron chi connectivity index (χ2n) is 5.17. The van der Waals surface area contributed by atoms with Crippen molar-refractivity contribution in [1.29, 1.82) is 0 Å². The van der Waals surface area contributed by atoms with Gasteiger partial charge in [-0.2, -0.15) is 0 Å². The van der Waals surface area contributed by atoms with Crippen LogP contribution in [0, 0.1) is 0 Å². The molecule has 1 aliphatic heterocycles. The van der Waals surface area contributed by atoms with Crippen molar-refractivity contribution in [3.05, 3.63) is 29.3 Å². The van der Waals surface area contributed by atoms with E-state index in [2.05, 4.69) is 16.3 Å². The summed E-state index contributed by atoms with van der Waals surface area (Å²) in [6.45, 7) is 6.03. The van der Waals surface area contributed by atoms with Crippen LogP contribution in [0.5, 0.6) is 0 Å². The van der Waals surface area contributed by atoms with Gasteiger partial charge in [-0.15, -0.1) is 0 Å². The first-order valence-corrected chi connectivity index (χ1v) is 6.89. The number of nitrogens with one attached hydrogen (secondary N) is 1. The Bertz CT molecular complexity index is 459. The Kier molecular flexibility index (Phi) is 4.56. The topological polar surface area (TPSA) is 52.6 Å². The zero-order chi connectivity index (χ0) is 13.8. The normalized spacial score (nSPS) is 16.8. The van der Waals surface area contributed by atoms with Gasteiger partial charge in [-0.1, -0.05) is 19.1 Å². The smallest absolute Gasteiger partial charge is 0.221 e. The highest BCUT2D eigenvalue weighted by Gasteiger charge is 2.20. The number of hydrogen-bond donors (Lipinski definition) is 2. The molecule has 0 spiro atoms. The number of fused-ring (bicyclic) bond motifs is 1. The van der Waals surface area contributed by atoms with Crippen molar-refractivity contribution in [2.24, 2.45) is 0 Å². The summed E-state index contributed by atoms with van der Waals surface area (Å²) in [5.74, 6) is -0.0303. The molecule has 1 unspecified atom stereocenters. The highest BCUT2D eigenvalue weighted by molar-refractivity contribution is 5.89. The van der Waals surface area contributed by atoms with Crippen LogP contribution in [0.1, 0.15) is 31.4 Å². The molecule has 104 valence electrons. The van der Waals surface area contributed by atoms with Gasteiger partial charge in [0, 0.05) is 32.2 Å². The monoisotopic (exact) mass is 262 g/mol. The molecule has 1 aromatic rings. The lowest BCUT2D eigenvalue weighted by Crippen LogP contribution is -2.36. The molecule has 0 bridgehead atoms. The molecule has 0 fully saturated rings. The van der Waals surface area contributed by atoms with E-state index in [9.17, 15) is 9.90 Å². The summed E-state index contributed by atoms with van der Waals surface area (Å²) >= 11 is 0. The lowest BCUT2D eigenvalue weighted by atomic mass is 9.97. The number of aliphatic hydroxyl groups is 1. The predicted molar refractivity (Wildman–Crippen MR) is 76.0 cm³/mol. The Morgan fingerprint density at radius 1 is 1.53 bits per heavy atom. The maximum atomic E-state index is 11.2. The molecule has 1 aliphatic rings. The van der Waals surface area contributed by atoms with Crippen molar-refractivity contribution in [3.8, 4) is 0 Å². The highest BCUT2D eigenvalue weighted by atomic mass is 16.3. The van der Waals surface area contributed by atoms with Crippen LogP contribution in [0.3, 0.4) is 0 Å². The van der Waals surface area contributed by atoms with Crippen LogP contribution >= 0.6 is 0 Å². The van der Waals surface area contributed by atoms with Crippen LogP contribution in [0.25, 0.3) is 0 Å². The number of rotatable bonds is 4. The van der Waals surface area contributed by atoms with Crippen molar-refractivity contribution >= 4 is 11.6 Å². The summed E-state index contributed by atoms with van der Waals surface area (Å²) in [6, 6.07) is 6.03. The SMILES string of the molecule is CCC(O)CN1CCc2c(cccc2NC(C)=O)C1. The molecule has 1 amide bonds. The standard InChI is InChI=1S/C15H22N2O2/c1-3-13(19)10-17-8-7-14-12(9-17)5-4-6-15(14)16-11(2)18/h4-6,13,19H,3,7-10H2,1-2H3,(H,16,18). The molecule has 4 heteroatoms. The average Bonchev–Trinajstić information content (AvgIpc) is 2.38. The fourth-order valence-electron chi connectivity index (χ4n) is 2.56. The van der Waals surface area contributed by atoms with Gasteiger partial charge >= 0.3 is 0 Å². The summed E-state index contributed by atoms with van der Waals surface area (Å²) in [7, 11) is 0. The Morgan fingerprint density at radius 3 is 3.00 bits per heavy atom. The molecule has 1 aromatic carbocycles. The van der Waals surface area contributed by atoms with E-state index < -0.39 is 0 Å². The molecule has 1 heterocycles. The molecule has 0 aromatic heterocycles. The number of benzene rings is 1. The molecule has 0 aliphatic carbocycles. The van der Waals surface area contributed by atoms with Gasteiger partial charge in [0.05, 0.1) is 6.10 Å². The number of anilines is 1. The second-order valence-corrected chi connectivity index (χ2v) is 5.17. The third-order valence-electron chi connectivity index (χ3n) is 3.60. The van der Waals surface area contributed by atoms with Crippen LogP contribution < -0.4 is 5.32 Å². The first-order valence-electron chi connectivity index (χ1n) is 6.89. The van der Waals surface area contributed by atoms with Gasteiger partial charge in [-0.05, 0) is 30.0 Å². The van der Waals surface area contributed by atoms with Gasteiger partial charge < -0.3 is 10.4 Å². The fourth-order valence-corrected chi connectivity index (χ4v) is 2.56. The molecule has 19 heavy (non-hydrogen) atoms. The van der Waals surface area contributed by atoms with E-state index in [1.165, 1.54) is 18.1 Å². The predicted octanol–water partition coefficient (Wildman–Crippen LogP) is 1.77. The third kappa shape index (κ3) is 3.55. The molecule has 0 radical (unpaired) electrons. The zero-order valence-corrected chi connectivity index (χ0v) is 11.6. The quantitative estimate of drug-likeness (QED) is 0.869. The largest absolute Gasteiger partial charge is 0.392 e. The number of carbonyl (C=O) groups excluding carboxylic acids is 1. The minimum Gasteiger partial charge on any atom is -0.392 e. The van der Waals surface area contributed by atoms with Crippen LogP contribution in [0.15, 0.2) is 18.2 Å². The van der Waals surface area contributed by atoms with Crippen molar-refractivity contribution in [1.82, 2.24) is 4.90 Å². The molecule has 2 rings (SSSR count). The summed E-state index contributed by atoms with van der Waals surface area (Å²) in [6.07, 6.45) is 1.46. The van der Waals surface area contributed by atoms with E-state index in [1.807, 2.05) is 19.1 Å². The Labute approximate surface area is 114 Å². The molecular formula is C15H22N2O2. The molecule has 4 nitrogen and oxygen atoms in total. The van der Waals surface area contributed by atoms with E-state index >= 15 is 0 Å². The number of amides is 1. The molecule has 0 saturated heterocycles. The Hall–Kier alpha value is -1.39. The second kappa shape index (κ2) is 6.17. The number of aliphatic hydroxyl groups excluding tert-OH is 1. The van der Waals surface area contributed by atoms with E-state index in [1.54, 1.807) is 0 Å². The average molecular weight is 262 g/mol. The van der Waals surface area contributed by atoms with Gasteiger partial charge in [-0.3, -0.25) is 9.69 Å². The van der Waals surface area contributed by atoms with Crippen molar-refractivity contribution in [2.75, 3.05) is 18.4 Å². The maximum Gasteiger partial charge on any atom is 0.221 e. The maximum absolute atomic E-state index is 11.2. The van der Waals surface area contributed by atoms with Gasteiger partial charge in [0.2, 0.25) is 5.91 Å². The summed E-state index contributed by atoms with van der Waals surface area (Å²) < 4.78 is 0. The van der Waals surface area contributed by atoms with Crippen LogP contribution in [0.2, 0.25) is 0 Å². The summed E-state index contributed by atoms with van der Waals surface area (Å²) in [5.41, 5.74) is 3.42. The van der Waals surface area contributed by atoms with Gasteiger partial charge in [0.1, 0.15) is 0 Å². The van der Waals surface area contributed by atoms with Crippen molar-refractivity contribution in [2.45, 2.75) is 39.3 Å². The molecule has 1 atom stereocenters. The van der Waals surface area contributed by atoms with E-state index in [4.69, 9.17) is 0 Å². The number of nitrogens with zero attached hydrogens (tertiary/aromatic N) is 1. The third-order valence-corrected chi connectivity index (χ3v) is 3.60. The van der Waals surface area contributed by atoms with Crippen LogP contribution in [-0.4, -0.2) is 35.1 Å². The van der Waals surface area contributed by atoms with Crippen molar-refractivity contribution < 1.29 is 9.90 Å². The highest BCUT2D eigenvalue weighted by Crippen LogP contribution is 2.26. The lowest BCUT2D eigenvalue weighted by molar-refractivity contribution is -0.114. The number of carbonyl (C=O) groups is 1. The Morgan fingerprint density at radius 2 is 2.32 bits per heavy atom. The number of hydrogen-bond acceptors (Lipinski definition) is 3. The van der Waals surface area contributed by atoms with E-state index in [-0.39, 0.29) is 12.0 Å². The number of β-amino-alcohol motifs (C(OH)–C–C–N with tert-alkyl or cyclic N) is 1. The summed E-state index contributed by atoms with van der Waals surface area (Å²) in [4.78, 5) is 13.5. The summed E-state index contributed by atoms with van der Waals surface area (Å²) in [5, 5.41) is 12.6.